The summed E-state index contributed by atoms with van der Waals surface area (Å²) < 4.78 is 1.47. The maximum absolute atomic E-state index is 11.9. The van der Waals surface area contributed by atoms with Gasteiger partial charge in [-0.2, -0.15) is 0 Å². The minimum atomic E-state index is 0.856. The van der Waals surface area contributed by atoms with Crippen LogP contribution in [0.4, 0.5) is 0 Å². The number of allylic oxidation sites excluding steroid dienone is 2. The molecule has 0 atom stereocenters. The van der Waals surface area contributed by atoms with Gasteiger partial charge in [-0.05, 0) is 80.3 Å². The van der Waals surface area contributed by atoms with Gasteiger partial charge in [0.15, 0.2) is 0 Å². The lowest BCUT2D eigenvalue weighted by Gasteiger charge is -2.11. The second-order valence-electron chi connectivity index (χ2n) is 12.5. The summed E-state index contributed by atoms with van der Waals surface area (Å²) in [5.74, 6) is 7.13. The number of hydrogen-bond donors (Lipinski definition) is 0. The normalized spacial score (nSPS) is 13.2. The highest BCUT2D eigenvalue weighted by atomic mass is 15.2. The highest BCUT2D eigenvalue weighted by Gasteiger charge is 2.35. The zero-order valence-corrected chi connectivity index (χ0v) is 27.9. The first-order chi connectivity index (χ1) is 21.1. The third-order valence-corrected chi connectivity index (χ3v) is 8.71. The molecule has 2 aromatic carbocycles. The van der Waals surface area contributed by atoms with E-state index in [4.69, 9.17) is 0 Å². The van der Waals surface area contributed by atoms with E-state index in [1.807, 2.05) is 0 Å². The van der Waals surface area contributed by atoms with Crippen molar-refractivity contribution in [2.24, 2.45) is 0 Å². The van der Waals surface area contributed by atoms with Crippen molar-refractivity contribution in [1.29, 1.82) is 0 Å². The fraction of sp³-hybridized carbons (Fsp3) is 0.561. The number of benzene rings is 2. The van der Waals surface area contributed by atoms with Gasteiger partial charge >= 0.3 is 0 Å². The molecule has 0 amide bonds. The molecule has 2 nitrogen and oxygen atoms in total. The first-order valence-corrected chi connectivity index (χ1v) is 17.8. The summed E-state index contributed by atoms with van der Waals surface area (Å²) in [5.41, 5.74) is 20.8. The topological polar surface area (TPSA) is 25.3 Å². The molecule has 0 saturated heterocycles. The molecule has 0 spiro atoms. The Morgan fingerprint density at radius 1 is 0.558 bits per heavy atom. The van der Waals surface area contributed by atoms with Gasteiger partial charge in [-0.3, -0.25) is 0 Å². The van der Waals surface area contributed by atoms with E-state index in [0.29, 0.717) is 0 Å². The van der Waals surface area contributed by atoms with Gasteiger partial charge in [0, 0.05) is 23.1 Å². The Balaban J connectivity index is 1.93. The standard InChI is InChI=1S/C41H58N2/c1-5-9-13-15-17-19-21-28-39-38(27-12-8-4)40(36-31-29-34(30-32-36)24-20-18-16-14-10-6-2)43(42)41(39)37-26-22-25-35(33-37)23-11-7-3/h22,25-26,29-33H,5-20,23-24,27H2,1-4H3. The van der Waals surface area contributed by atoms with Crippen molar-refractivity contribution < 1.29 is 4.70 Å². The van der Waals surface area contributed by atoms with Crippen LogP contribution in [-0.2, 0) is 12.8 Å². The molecule has 0 aliphatic carbocycles. The largest absolute Gasteiger partial charge is 0.493 e. The molecule has 0 radical (unpaired) electrons. The molecule has 1 aliphatic heterocycles. The number of nitrogens with zero attached hydrogens (tertiary/aromatic N) is 2. The summed E-state index contributed by atoms with van der Waals surface area (Å²) in [6.07, 6.45) is 22.7. The predicted octanol–water partition coefficient (Wildman–Crippen LogP) is 12.7. The smallest absolute Gasteiger partial charge is 0.223 e. The molecule has 43 heavy (non-hydrogen) atoms. The van der Waals surface area contributed by atoms with E-state index in [9.17, 15) is 5.53 Å². The minimum Gasteiger partial charge on any atom is -0.493 e. The maximum Gasteiger partial charge on any atom is 0.223 e. The highest BCUT2D eigenvalue weighted by Crippen LogP contribution is 2.42. The fourth-order valence-corrected chi connectivity index (χ4v) is 6.06. The summed E-state index contributed by atoms with van der Waals surface area (Å²) in [7, 11) is 0. The molecule has 1 heterocycles. The molecule has 232 valence electrons. The van der Waals surface area contributed by atoms with Gasteiger partial charge in [-0.15, -0.1) is 0 Å². The number of rotatable bonds is 20. The van der Waals surface area contributed by atoms with Crippen LogP contribution in [0, 0.1) is 11.8 Å². The van der Waals surface area contributed by atoms with Crippen LogP contribution in [0.2, 0.25) is 0 Å². The van der Waals surface area contributed by atoms with E-state index in [-0.39, 0.29) is 0 Å². The van der Waals surface area contributed by atoms with Gasteiger partial charge in [0.05, 0.1) is 0 Å². The van der Waals surface area contributed by atoms with Crippen LogP contribution in [-0.4, -0.2) is 4.70 Å². The molecule has 0 N–H and O–H groups in total. The van der Waals surface area contributed by atoms with Gasteiger partial charge in [-0.25, -0.2) is 4.70 Å². The van der Waals surface area contributed by atoms with E-state index in [1.54, 1.807) is 0 Å². The van der Waals surface area contributed by atoms with Crippen molar-refractivity contribution in [3.8, 4) is 11.8 Å². The molecular weight excluding hydrogens is 520 g/mol. The van der Waals surface area contributed by atoms with Gasteiger partial charge < -0.3 is 5.53 Å². The number of aryl methyl sites for hydroxylation is 2. The summed E-state index contributed by atoms with van der Waals surface area (Å²) in [5, 5.41) is 0. The van der Waals surface area contributed by atoms with E-state index in [1.165, 1.54) is 98.4 Å². The highest BCUT2D eigenvalue weighted by molar-refractivity contribution is 5.85. The second kappa shape index (κ2) is 20.1. The van der Waals surface area contributed by atoms with Crippen LogP contribution >= 0.6 is 0 Å². The molecule has 0 fully saturated rings. The Bertz CT molecular complexity index is 1250. The quantitative estimate of drug-likeness (QED) is 0.0848. The Morgan fingerprint density at radius 3 is 1.86 bits per heavy atom. The third-order valence-electron chi connectivity index (χ3n) is 8.71. The molecule has 0 saturated carbocycles. The van der Waals surface area contributed by atoms with Crippen molar-refractivity contribution in [3.05, 3.63) is 87.5 Å². The van der Waals surface area contributed by atoms with Crippen molar-refractivity contribution in [3.63, 3.8) is 0 Å². The minimum absolute atomic E-state index is 0.856. The summed E-state index contributed by atoms with van der Waals surface area (Å²) in [6.45, 7) is 9.02. The van der Waals surface area contributed by atoms with Gasteiger partial charge in [0.2, 0.25) is 11.4 Å². The van der Waals surface area contributed by atoms with E-state index in [2.05, 4.69) is 88.1 Å². The summed E-state index contributed by atoms with van der Waals surface area (Å²) in [6, 6.07) is 17.7. The van der Waals surface area contributed by atoms with Gasteiger partial charge in [0.1, 0.15) is 5.57 Å². The monoisotopic (exact) mass is 578 g/mol. The summed E-state index contributed by atoms with van der Waals surface area (Å²) in [4.78, 5) is 0. The molecule has 2 aromatic rings. The van der Waals surface area contributed by atoms with Crippen molar-refractivity contribution in [1.82, 2.24) is 0 Å². The number of hydrogen-bond acceptors (Lipinski definition) is 0. The predicted molar refractivity (Wildman–Crippen MR) is 187 cm³/mol. The zero-order chi connectivity index (χ0) is 30.7. The van der Waals surface area contributed by atoms with Crippen LogP contribution in [0.1, 0.15) is 159 Å². The molecule has 0 unspecified atom stereocenters. The Kier molecular flexibility index (Phi) is 16.2. The maximum atomic E-state index is 11.9. The van der Waals surface area contributed by atoms with Crippen molar-refractivity contribution >= 4 is 11.4 Å². The first-order valence-electron chi connectivity index (χ1n) is 17.8. The van der Waals surface area contributed by atoms with Crippen molar-refractivity contribution in [2.75, 3.05) is 0 Å². The van der Waals surface area contributed by atoms with Gasteiger partial charge in [-0.1, -0.05) is 134 Å². The molecule has 1 aliphatic rings. The molecule has 3 rings (SSSR count). The van der Waals surface area contributed by atoms with Crippen LogP contribution in [0.25, 0.3) is 16.9 Å². The fourth-order valence-electron chi connectivity index (χ4n) is 6.06. The lowest BCUT2D eigenvalue weighted by Crippen LogP contribution is -2.03. The molecular formula is C41H58N2. The van der Waals surface area contributed by atoms with Crippen molar-refractivity contribution in [2.45, 2.75) is 150 Å². The second-order valence-corrected chi connectivity index (χ2v) is 12.5. The lowest BCUT2D eigenvalue weighted by molar-refractivity contribution is -0.345. The first kappa shape index (κ1) is 34.6. The molecule has 2 heteroatoms. The van der Waals surface area contributed by atoms with E-state index < -0.39 is 0 Å². The average Bonchev–Trinajstić information content (AvgIpc) is 3.31. The molecule has 0 aromatic heterocycles. The Morgan fingerprint density at radius 2 is 1.16 bits per heavy atom. The Labute approximate surface area is 264 Å². The zero-order valence-electron chi connectivity index (χ0n) is 27.9. The Hall–Kier alpha value is -2.92. The van der Waals surface area contributed by atoms with Crippen LogP contribution in [0.3, 0.4) is 0 Å². The van der Waals surface area contributed by atoms with Crippen LogP contribution in [0.5, 0.6) is 0 Å². The summed E-state index contributed by atoms with van der Waals surface area (Å²) >= 11 is 0. The molecule has 0 bridgehead atoms. The van der Waals surface area contributed by atoms with Gasteiger partial charge in [0.25, 0.3) is 0 Å². The lowest BCUT2D eigenvalue weighted by atomic mass is 9.94. The van der Waals surface area contributed by atoms with E-state index >= 15 is 0 Å². The van der Waals surface area contributed by atoms with E-state index in [0.717, 1.165) is 73.0 Å². The third kappa shape index (κ3) is 10.9. The van der Waals surface area contributed by atoms with Crippen LogP contribution < -0.4 is 0 Å². The van der Waals surface area contributed by atoms with Crippen LogP contribution in [0.15, 0.2) is 59.7 Å². The number of unbranched alkanes of at least 4 members (excludes halogenated alkanes) is 12. The SMILES string of the molecule is CCCCCCCC#CC1=C(c2cccc(CCCC)c2)[N+](=[N-])C(c2ccc(CCCCCCCC)cc2)=C1CCCC. The average molecular weight is 579 g/mol.